The maximum atomic E-state index is 12.4. The third-order valence-electron chi connectivity index (χ3n) is 5.22. The molecule has 0 atom stereocenters. The number of carbonyl (C=O) groups is 1. The van der Waals surface area contributed by atoms with Gasteiger partial charge in [0.25, 0.3) is 0 Å². The molecule has 27 heavy (non-hydrogen) atoms. The Labute approximate surface area is 169 Å². The van der Waals surface area contributed by atoms with E-state index in [1.807, 2.05) is 18.2 Å². The Balaban J connectivity index is 1.60. The Morgan fingerprint density at radius 3 is 2.26 bits per heavy atom. The van der Waals surface area contributed by atoms with Crippen LogP contribution in [0, 0.1) is 0 Å². The molecule has 0 heterocycles. The molecule has 2 aromatic carbocycles. The van der Waals surface area contributed by atoms with Crippen LogP contribution in [0.1, 0.15) is 36.8 Å². The van der Waals surface area contributed by atoms with E-state index in [4.69, 9.17) is 0 Å². The molecular formula is C21H24BrNO3S. The average molecular weight is 450 g/mol. The van der Waals surface area contributed by atoms with E-state index in [-0.39, 0.29) is 11.2 Å². The number of sulfone groups is 1. The van der Waals surface area contributed by atoms with Crippen LogP contribution in [0.15, 0.2) is 59.1 Å². The quantitative estimate of drug-likeness (QED) is 0.694. The number of amides is 1. The third-order valence-corrected chi connectivity index (χ3v) is 7.23. The van der Waals surface area contributed by atoms with Crippen molar-refractivity contribution < 1.29 is 13.2 Å². The Morgan fingerprint density at radius 1 is 1.00 bits per heavy atom. The van der Waals surface area contributed by atoms with E-state index < -0.39 is 21.5 Å². The summed E-state index contributed by atoms with van der Waals surface area (Å²) >= 11 is 3.33. The molecule has 0 aromatic heterocycles. The number of hydrogen-bond acceptors (Lipinski definition) is 3. The second-order valence-corrected chi connectivity index (χ2v) is 10.3. The summed E-state index contributed by atoms with van der Waals surface area (Å²) in [4.78, 5) is 12.3. The van der Waals surface area contributed by atoms with Gasteiger partial charge in [-0.2, -0.15) is 0 Å². The lowest BCUT2D eigenvalue weighted by Gasteiger charge is -2.30. The van der Waals surface area contributed by atoms with Crippen molar-refractivity contribution >= 4 is 31.7 Å². The lowest BCUT2D eigenvalue weighted by molar-refractivity contribution is -0.118. The molecule has 0 aliphatic heterocycles. The van der Waals surface area contributed by atoms with E-state index in [0.717, 1.165) is 30.2 Å². The summed E-state index contributed by atoms with van der Waals surface area (Å²) < 4.78 is 25.6. The summed E-state index contributed by atoms with van der Waals surface area (Å²) in [6.07, 6.45) is 4.30. The van der Waals surface area contributed by atoms with Gasteiger partial charge in [-0.3, -0.25) is 4.79 Å². The van der Waals surface area contributed by atoms with Crippen LogP contribution in [0.25, 0.3) is 0 Å². The van der Waals surface area contributed by atoms with Gasteiger partial charge in [-0.05, 0) is 36.1 Å². The zero-order valence-corrected chi connectivity index (χ0v) is 17.6. The van der Waals surface area contributed by atoms with E-state index in [1.54, 1.807) is 24.3 Å². The fraction of sp³-hybridized carbons (Fsp3) is 0.381. The van der Waals surface area contributed by atoms with Gasteiger partial charge < -0.3 is 5.32 Å². The summed E-state index contributed by atoms with van der Waals surface area (Å²) in [5.74, 6) is -1.03. The third kappa shape index (κ3) is 5.42. The molecule has 1 amide bonds. The standard InChI is InChI=1S/C21H24BrNO3S/c22-19-10-8-17(9-11-19)14-27(25,26)15-20(24)23-16-21(12-4-5-13-21)18-6-2-1-3-7-18/h1-3,6-11H,4-5,12-16H2,(H,23,24). The number of halogens is 1. The topological polar surface area (TPSA) is 63.2 Å². The number of rotatable bonds is 7. The van der Waals surface area contributed by atoms with Crippen molar-refractivity contribution in [2.24, 2.45) is 0 Å². The summed E-state index contributed by atoms with van der Waals surface area (Å²) in [6, 6.07) is 17.3. The first-order valence-electron chi connectivity index (χ1n) is 9.16. The lowest BCUT2D eigenvalue weighted by atomic mass is 9.79. The lowest BCUT2D eigenvalue weighted by Crippen LogP contribution is -2.41. The minimum Gasteiger partial charge on any atom is -0.354 e. The molecule has 1 fully saturated rings. The van der Waals surface area contributed by atoms with Crippen LogP contribution in [0.2, 0.25) is 0 Å². The van der Waals surface area contributed by atoms with Gasteiger partial charge in [0.2, 0.25) is 5.91 Å². The van der Waals surface area contributed by atoms with Gasteiger partial charge in [0.1, 0.15) is 5.75 Å². The van der Waals surface area contributed by atoms with Gasteiger partial charge in [0.15, 0.2) is 9.84 Å². The molecule has 1 aliphatic carbocycles. The largest absolute Gasteiger partial charge is 0.354 e. The van der Waals surface area contributed by atoms with E-state index in [9.17, 15) is 13.2 Å². The van der Waals surface area contributed by atoms with Gasteiger partial charge in [0, 0.05) is 16.4 Å². The van der Waals surface area contributed by atoms with Crippen LogP contribution in [0.4, 0.5) is 0 Å². The first kappa shape index (κ1) is 20.1. The van der Waals surface area contributed by atoms with Crippen molar-refractivity contribution in [3.63, 3.8) is 0 Å². The molecule has 3 rings (SSSR count). The van der Waals surface area contributed by atoms with Crippen LogP contribution in [-0.2, 0) is 25.8 Å². The smallest absolute Gasteiger partial charge is 0.235 e. The highest BCUT2D eigenvalue weighted by Gasteiger charge is 2.36. The highest BCUT2D eigenvalue weighted by atomic mass is 79.9. The molecule has 4 nitrogen and oxygen atoms in total. The van der Waals surface area contributed by atoms with Gasteiger partial charge in [-0.25, -0.2) is 8.42 Å². The molecular weight excluding hydrogens is 426 g/mol. The minimum absolute atomic E-state index is 0.0770. The minimum atomic E-state index is -3.50. The molecule has 0 unspecified atom stereocenters. The van der Waals surface area contributed by atoms with Crippen molar-refractivity contribution in [3.8, 4) is 0 Å². The first-order chi connectivity index (χ1) is 12.9. The molecule has 0 bridgehead atoms. The highest BCUT2D eigenvalue weighted by Crippen LogP contribution is 2.40. The number of hydrogen-bond donors (Lipinski definition) is 1. The molecule has 1 saturated carbocycles. The van der Waals surface area contributed by atoms with Gasteiger partial charge in [-0.15, -0.1) is 0 Å². The average Bonchev–Trinajstić information content (AvgIpc) is 3.12. The molecule has 144 valence electrons. The molecule has 0 spiro atoms. The second kappa shape index (κ2) is 8.57. The van der Waals surface area contributed by atoms with Crippen LogP contribution in [-0.4, -0.2) is 26.6 Å². The maximum absolute atomic E-state index is 12.4. The second-order valence-electron chi connectivity index (χ2n) is 7.29. The van der Waals surface area contributed by atoms with E-state index in [1.165, 1.54) is 5.56 Å². The van der Waals surface area contributed by atoms with E-state index >= 15 is 0 Å². The van der Waals surface area contributed by atoms with Gasteiger partial charge >= 0.3 is 0 Å². The van der Waals surface area contributed by atoms with Crippen LogP contribution in [0.3, 0.4) is 0 Å². The number of benzene rings is 2. The summed E-state index contributed by atoms with van der Waals surface area (Å²) in [5, 5.41) is 2.89. The number of carbonyl (C=O) groups excluding carboxylic acids is 1. The van der Waals surface area contributed by atoms with Crippen LogP contribution < -0.4 is 5.32 Å². The van der Waals surface area contributed by atoms with Crippen LogP contribution >= 0.6 is 15.9 Å². The van der Waals surface area contributed by atoms with Crippen LogP contribution in [0.5, 0.6) is 0 Å². The Morgan fingerprint density at radius 2 is 1.63 bits per heavy atom. The van der Waals surface area contributed by atoms with E-state index in [2.05, 4.69) is 33.4 Å². The Kier molecular flexibility index (Phi) is 6.37. The summed E-state index contributed by atoms with van der Waals surface area (Å²) in [6.45, 7) is 0.490. The van der Waals surface area contributed by atoms with Gasteiger partial charge in [-0.1, -0.05) is 71.2 Å². The Hall–Kier alpha value is -1.66. The Bertz CT molecular complexity index is 873. The van der Waals surface area contributed by atoms with E-state index in [0.29, 0.717) is 12.1 Å². The summed E-state index contributed by atoms with van der Waals surface area (Å²) in [5.41, 5.74) is 1.83. The maximum Gasteiger partial charge on any atom is 0.235 e. The van der Waals surface area contributed by atoms with Crippen molar-refractivity contribution in [2.45, 2.75) is 36.9 Å². The molecule has 0 radical (unpaired) electrons. The zero-order chi connectivity index (χ0) is 19.3. The van der Waals surface area contributed by atoms with Crippen molar-refractivity contribution in [1.82, 2.24) is 5.32 Å². The molecule has 1 aliphatic rings. The fourth-order valence-corrected chi connectivity index (χ4v) is 5.38. The molecule has 0 saturated heterocycles. The number of nitrogens with one attached hydrogen (secondary N) is 1. The molecule has 6 heteroatoms. The predicted molar refractivity (Wildman–Crippen MR) is 111 cm³/mol. The molecule has 2 aromatic rings. The molecule has 1 N–H and O–H groups in total. The van der Waals surface area contributed by atoms with Crippen molar-refractivity contribution in [3.05, 3.63) is 70.2 Å². The first-order valence-corrected chi connectivity index (χ1v) is 11.8. The SMILES string of the molecule is O=C(CS(=O)(=O)Cc1ccc(Br)cc1)NCC1(c2ccccc2)CCCC1. The normalized spacial score (nSPS) is 16.2. The van der Waals surface area contributed by atoms with Crippen molar-refractivity contribution in [2.75, 3.05) is 12.3 Å². The predicted octanol–water partition coefficient (Wildman–Crippen LogP) is 3.99. The van der Waals surface area contributed by atoms with Crippen molar-refractivity contribution in [1.29, 1.82) is 0 Å². The monoisotopic (exact) mass is 449 g/mol. The zero-order valence-electron chi connectivity index (χ0n) is 15.2. The van der Waals surface area contributed by atoms with Gasteiger partial charge in [0.05, 0.1) is 5.75 Å². The summed E-state index contributed by atoms with van der Waals surface area (Å²) in [7, 11) is -3.50. The highest BCUT2D eigenvalue weighted by molar-refractivity contribution is 9.10. The fourth-order valence-electron chi connectivity index (χ4n) is 3.82.